The van der Waals surface area contributed by atoms with Crippen LogP contribution in [0.25, 0.3) is 0 Å². The van der Waals surface area contributed by atoms with Gasteiger partial charge in [-0.05, 0) is 48.9 Å². The van der Waals surface area contributed by atoms with E-state index in [2.05, 4.69) is 5.32 Å². The van der Waals surface area contributed by atoms with Crippen molar-refractivity contribution in [2.75, 3.05) is 19.6 Å². The summed E-state index contributed by atoms with van der Waals surface area (Å²) in [5.41, 5.74) is 2.69. The Morgan fingerprint density at radius 2 is 1.73 bits per heavy atom. The summed E-state index contributed by atoms with van der Waals surface area (Å²) >= 11 is 0. The third-order valence-corrected chi connectivity index (χ3v) is 5.88. The van der Waals surface area contributed by atoms with Gasteiger partial charge < -0.3 is 15.1 Å². The van der Waals surface area contributed by atoms with Crippen LogP contribution in [0.1, 0.15) is 40.7 Å². The number of nitrogens with zero attached hydrogens (tertiary/aromatic N) is 2. The quantitative estimate of drug-likeness (QED) is 0.802. The van der Waals surface area contributed by atoms with Crippen molar-refractivity contribution in [1.82, 2.24) is 15.1 Å². The third-order valence-electron chi connectivity index (χ3n) is 5.88. The number of fused-ring (bicyclic) bond motifs is 1. The largest absolute Gasteiger partial charge is 0.352 e. The number of piperidine rings is 1. The summed E-state index contributed by atoms with van der Waals surface area (Å²) in [5.74, 6) is -0.0368. The van der Waals surface area contributed by atoms with Gasteiger partial charge in [0.15, 0.2) is 0 Å². The molecule has 2 heterocycles. The van der Waals surface area contributed by atoms with Crippen molar-refractivity contribution in [2.45, 2.75) is 38.3 Å². The molecule has 2 aromatic rings. The molecule has 3 amide bonds. The fourth-order valence-electron chi connectivity index (χ4n) is 4.21. The first-order valence-corrected chi connectivity index (χ1v) is 10.6. The van der Waals surface area contributed by atoms with Crippen LogP contribution in [0.3, 0.4) is 0 Å². The molecule has 156 valence electrons. The zero-order chi connectivity index (χ0) is 20.9. The Bertz CT molecular complexity index is 911. The number of hydrogen-bond donors (Lipinski definition) is 1. The van der Waals surface area contributed by atoms with Gasteiger partial charge in [0, 0.05) is 25.2 Å². The maximum atomic E-state index is 12.8. The molecule has 4 rings (SSSR count). The number of benzene rings is 2. The second-order valence-electron chi connectivity index (χ2n) is 7.98. The molecule has 0 saturated carbocycles. The second kappa shape index (κ2) is 9.11. The average Bonchev–Trinajstić information content (AvgIpc) is 2.78. The highest BCUT2D eigenvalue weighted by atomic mass is 16.2. The van der Waals surface area contributed by atoms with Crippen molar-refractivity contribution in [3.8, 4) is 0 Å². The molecule has 6 heteroatoms. The molecule has 2 saturated heterocycles. The van der Waals surface area contributed by atoms with Crippen molar-refractivity contribution >= 4 is 17.7 Å². The lowest BCUT2D eigenvalue weighted by molar-refractivity contribution is -0.158. The summed E-state index contributed by atoms with van der Waals surface area (Å²) in [6.07, 6.45) is 3.50. The fourth-order valence-corrected chi connectivity index (χ4v) is 4.21. The van der Waals surface area contributed by atoms with Gasteiger partial charge in [0.25, 0.3) is 5.91 Å². The van der Waals surface area contributed by atoms with Crippen LogP contribution in [0.5, 0.6) is 0 Å². The van der Waals surface area contributed by atoms with Gasteiger partial charge in [0.2, 0.25) is 11.8 Å². The molecule has 2 aliphatic heterocycles. The standard InChI is InChI=1S/C24H27N3O3/c28-22-17-26(24(30)21-8-4-5-15-27(21)22)16-19-9-11-20(12-10-19)23(29)25-14-13-18-6-2-1-3-7-18/h1-3,6-7,9-12,21H,4-5,8,13-17H2,(H,25,29)/t21-/m0/s1. The highest BCUT2D eigenvalue weighted by Gasteiger charge is 2.40. The van der Waals surface area contributed by atoms with Gasteiger partial charge in [0.1, 0.15) is 12.6 Å². The zero-order valence-electron chi connectivity index (χ0n) is 17.0. The van der Waals surface area contributed by atoms with Crippen LogP contribution in [-0.4, -0.2) is 53.2 Å². The first-order valence-electron chi connectivity index (χ1n) is 10.6. The number of nitrogens with one attached hydrogen (secondary N) is 1. The first-order chi connectivity index (χ1) is 14.6. The molecule has 0 aliphatic carbocycles. The summed E-state index contributed by atoms with van der Waals surface area (Å²) in [7, 11) is 0. The summed E-state index contributed by atoms with van der Waals surface area (Å²) in [4.78, 5) is 40.9. The van der Waals surface area contributed by atoms with E-state index in [4.69, 9.17) is 0 Å². The Labute approximate surface area is 176 Å². The number of rotatable bonds is 6. The first kappa shape index (κ1) is 20.1. The Balaban J connectivity index is 1.31. The third kappa shape index (κ3) is 4.53. The van der Waals surface area contributed by atoms with Gasteiger partial charge in [-0.1, -0.05) is 42.5 Å². The Morgan fingerprint density at radius 1 is 0.967 bits per heavy atom. The van der Waals surface area contributed by atoms with Crippen molar-refractivity contribution in [2.24, 2.45) is 0 Å². The number of amides is 3. The predicted molar refractivity (Wildman–Crippen MR) is 114 cm³/mol. The predicted octanol–water partition coefficient (Wildman–Crippen LogP) is 2.38. The number of hydrogen-bond acceptors (Lipinski definition) is 3. The van der Waals surface area contributed by atoms with Gasteiger partial charge in [-0.25, -0.2) is 0 Å². The van der Waals surface area contributed by atoms with E-state index in [1.54, 1.807) is 21.9 Å². The second-order valence-corrected chi connectivity index (χ2v) is 7.98. The van der Waals surface area contributed by atoms with E-state index in [-0.39, 0.29) is 30.3 Å². The molecule has 0 spiro atoms. The van der Waals surface area contributed by atoms with Crippen molar-refractivity contribution in [3.05, 3.63) is 71.3 Å². The maximum Gasteiger partial charge on any atom is 0.251 e. The number of carbonyl (C=O) groups excluding carboxylic acids is 3. The van der Waals surface area contributed by atoms with E-state index >= 15 is 0 Å². The van der Waals surface area contributed by atoms with Crippen molar-refractivity contribution in [3.63, 3.8) is 0 Å². The van der Waals surface area contributed by atoms with Crippen LogP contribution in [0.15, 0.2) is 54.6 Å². The van der Waals surface area contributed by atoms with Crippen LogP contribution in [0.4, 0.5) is 0 Å². The van der Waals surface area contributed by atoms with E-state index in [9.17, 15) is 14.4 Å². The van der Waals surface area contributed by atoms with Gasteiger partial charge in [-0.15, -0.1) is 0 Å². The van der Waals surface area contributed by atoms with Crippen LogP contribution in [-0.2, 0) is 22.6 Å². The zero-order valence-corrected chi connectivity index (χ0v) is 17.0. The summed E-state index contributed by atoms with van der Waals surface area (Å²) < 4.78 is 0. The van der Waals surface area contributed by atoms with Gasteiger partial charge >= 0.3 is 0 Å². The molecule has 2 aliphatic rings. The highest BCUT2D eigenvalue weighted by Crippen LogP contribution is 2.24. The van der Waals surface area contributed by atoms with Crippen LogP contribution in [0, 0.1) is 0 Å². The van der Waals surface area contributed by atoms with Gasteiger partial charge in [0.05, 0.1) is 0 Å². The smallest absolute Gasteiger partial charge is 0.251 e. The fraction of sp³-hybridized carbons (Fsp3) is 0.375. The van der Waals surface area contributed by atoms with E-state index in [0.29, 0.717) is 25.2 Å². The van der Waals surface area contributed by atoms with E-state index < -0.39 is 0 Å². The summed E-state index contributed by atoms with van der Waals surface area (Å²) in [6, 6.07) is 17.0. The molecule has 0 aromatic heterocycles. The molecule has 0 unspecified atom stereocenters. The molecule has 30 heavy (non-hydrogen) atoms. The van der Waals surface area contributed by atoms with E-state index in [1.165, 1.54) is 5.56 Å². The van der Waals surface area contributed by atoms with Gasteiger partial charge in [-0.2, -0.15) is 0 Å². The van der Waals surface area contributed by atoms with E-state index in [1.807, 2.05) is 42.5 Å². The lowest BCUT2D eigenvalue weighted by Gasteiger charge is -2.42. The molecule has 6 nitrogen and oxygen atoms in total. The molecule has 0 radical (unpaired) electrons. The molecule has 0 bridgehead atoms. The molecule has 1 atom stereocenters. The van der Waals surface area contributed by atoms with Gasteiger partial charge in [-0.3, -0.25) is 14.4 Å². The lowest BCUT2D eigenvalue weighted by atomic mass is 9.98. The summed E-state index contributed by atoms with van der Waals surface area (Å²) in [5, 5.41) is 2.94. The highest BCUT2D eigenvalue weighted by molar-refractivity contribution is 5.95. The average molecular weight is 405 g/mol. The summed E-state index contributed by atoms with van der Waals surface area (Å²) in [6.45, 7) is 1.80. The Hall–Kier alpha value is -3.15. The lowest BCUT2D eigenvalue weighted by Crippen LogP contribution is -2.60. The van der Waals surface area contributed by atoms with Crippen LogP contribution >= 0.6 is 0 Å². The van der Waals surface area contributed by atoms with Crippen LogP contribution in [0.2, 0.25) is 0 Å². The maximum absolute atomic E-state index is 12.8. The molecule has 2 aromatic carbocycles. The Kier molecular flexibility index (Phi) is 6.12. The monoisotopic (exact) mass is 405 g/mol. The minimum absolute atomic E-state index is 0.0358. The van der Waals surface area contributed by atoms with Crippen molar-refractivity contribution in [1.29, 1.82) is 0 Å². The minimum Gasteiger partial charge on any atom is -0.352 e. The van der Waals surface area contributed by atoms with E-state index in [0.717, 1.165) is 31.2 Å². The topological polar surface area (TPSA) is 69.7 Å². The van der Waals surface area contributed by atoms with Crippen LogP contribution < -0.4 is 5.32 Å². The molecular formula is C24H27N3O3. The number of carbonyl (C=O) groups is 3. The molecule has 2 fully saturated rings. The Morgan fingerprint density at radius 3 is 2.50 bits per heavy atom. The SMILES string of the molecule is O=C(NCCc1ccccc1)c1ccc(CN2CC(=O)N3CCCC[C@H]3C2=O)cc1. The molecule has 1 N–H and O–H groups in total. The normalized spacial score (nSPS) is 18.9. The van der Waals surface area contributed by atoms with Crippen molar-refractivity contribution < 1.29 is 14.4 Å². The number of piperazine rings is 1. The minimum atomic E-state index is -0.297. The molecular weight excluding hydrogens is 378 g/mol.